The van der Waals surface area contributed by atoms with Crippen LogP contribution in [0.5, 0.6) is 0 Å². The number of hydrogen-bond acceptors (Lipinski definition) is 5. The number of nitrogens with one attached hydrogen (secondary N) is 1. The molecule has 1 fully saturated rings. The Morgan fingerprint density at radius 3 is 2.44 bits per heavy atom. The maximum absolute atomic E-state index is 11.5. The minimum Gasteiger partial charge on any atom is -0.377 e. The fourth-order valence-corrected chi connectivity index (χ4v) is 3.71. The molecule has 3 N–H and O–H groups in total. The van der Waals surface area contributed by atoms with Crippen LogP contribution in [0.2, 0.25) is 0 Å². The smallest absolute Gasteiger partial charge is 0.150 e. The summed E-state index contributed by atoms with van der Waals surface area (Å²) in [5, 5.41) is 0. The SMILES string of the molecule is CCS(=O)(=O)CCCC(NN)C1(OC)CCCC1. The Morgan fingerprint density at radius 2 is 2.00 bits per heavy atom. The van der Waals surface area contributed by atoms with E-state index in [1.165, 1.54) is 0 Å². The van der Waals surface area contributed by atoms with E-state index < -0.39 is 9.84 Å². The zero-order valence-electron chi connectivity index (χ0n) is 11.4. The predicted molar refractivity (Wildman–Crippen MR) is 72.9 cm³/mol. The van der Waals surface area contributed by atoms with Crippen molar-refractivity contribution in [2.45, 2.75) is 57.1 Å². The molecule has 0 aromatic carbocycles. The van der Waals surface area contributed by atoms with Crippen molar-refractivity contribution in [3.05, 3.63) is 0 Å². The van der Waals surface area contributed by atoms with Gasteiger partial charge >= 0.3 is 0 Å². The van der Waals surface area contributed by atoms with Gasteiger partial charge in [-0.2, -0.15) is 0 Å². The second-order valence-electron chi connectivity index (χ2n) is 5.07. The Morgan fingerprint density at radius 1 is 1.39 bits per heavy atom. The number of hydrogen-bond donors (Lipinski definition) is 2. The van der Waals surface area contributed by atoms with Crippen molar-refractivity contribution in [3.8, 4) is 0 Å². The standard InChI is InChI=1S/C12H26N2O3S/c1-3-18(15,16)10-6-7-11(14-13)12(17-2)8-4-5-9-12/h11,14H,3-10,13H2,1-2H3. The second-order valence-corrected chi connectivity index (χ2v) is 7.55. The Kier molecular flexibility index (Phi) is 6.04. The van der Waals surface area contributed by atoms with E-state index in [-0.39, 0.29) is 23.1 Å². The molecule has 1 aliphatic rings. The van der Waals surface area contributed by atoms with Gasteiger partial charge in [-0.05, 0) is 25.7 Å². The molecule has 0 heterocycles. The monoisotopic (exact) mass is 278 g/mol. The van der Waals surface area contributed by atoms with E-state index in [1.54, 1.807) is 14.0 Å². The van der Waals surface area contributed by atoms with Crippen LogP contribution in [-0.2, 0) is 14.6 Å². The normalized spacial score (nSPS) is 21.1. The summed E-state index contributed by atoms with van der Waals surface area (Å²) in [4.78, 5) is 0. The molecule has 0 aromatic heterocycles. The molecule has 5 nitrogen and oxygen atoms in total. The number of sulfone groups is 1. The molecule has 1 unspecified atom stereocenters. The van der Waals surface area contributed by atoms with Crippen LogP contribution in [0, 0.1) is 0 Å². The van der Waals surface area contributed by atoms with E-state index in [9.17, 15) is 8.42 Å². The Hall–Kier alpha value is -0.170. The third-order valence-electron chi connectivity index (χ3n) is 4.08. The molecule has 0 aromatic rings. The van der Waals surface area contributed by atoms with Crippen LogP contribution < -0.4 is 11.3 Å². The topological polar surface area (TPSA) is 81.4 Å². The molecular weight excluding hydrogens is 252 g/mol. The third kappa shape index (κ3) is 3.91. The summed E-state index contributed by atoms with van der Waals surface area (Å²) in [6.07, 6.45) is 5.68. The maximum atomic E-state index is 11.5. The second kappa shape index (κ2) is 6.84. The number of ether oxygens (including phenoxy) is 1. The van der Waals surface area contributed by atoms with Gasteiger partial charge in [0.05, 0.1) is 17.4 Å². The molecule has 1 atom stereocenters. The van der Waals surface area contributed by atoms with Gasteiger partial charge in [0.25, 0.3) is 0 Å². The molecule has 0 spiro atoms. The molecule has 1 saturated carbocycles. The van der Waals surface area contributed by atoms with Crippen molar-refractivity contribution in [2.24, 2.45) is 5.84 Å². The minimum atomic E-state index is -2.88. The largest absolute Gasteiger partial charge is 0.377 e. The zero-order chi connectivity index (χ0) is 13.6. The van der Waals surface area contributed by atoms with E-state index in [0.717, 1.165) is 32.1 Å². The summed E-state index contributed by atoms with van der Waals surface area (Å²) in [5.74, 6) is 6.07. The lowest BCUT2D eigenvalue weighted by Crippen LogP contribution is -2.53. The number of nitrogens with two attached hydrogens (primary N) is 1. The first-order valence-electron chi connectivity index (χ1n) is 6.71. The van der Waals surface area contributed by atoms with Gasteiger partial charge in [-0.15, -0.1) is 0 Å². The first kappa shape index (κ1) is 15.9. The summed E-state index contributed by atoms with van der Waals surface area (Å²) >= 11 is 0. The third-order valence-corrected chi connectivity index (χ3v) is 5.87. The van der Waals surface area contributed by atoms with Crippen LogP contribution in [-0.4, -0.2) is 38.7 Å². The molecule has 0 aliphatic heterocycles. The van der Waals surface area contributed by atoms with Crippen molar-refractivity contribution in [2.75, 3.05) is 18.6 Å². The highest BCUT2D eigenvalue weighted by Gasteiger charge is 2.40. The average Bonchev–Trinajstić information content (AvgIpc) is 2.84. The van der Waals surface area contributed by atoms with Crippen LogP contribution in [0.1, 0.15) is 45.4 Å². The van der Waals surface area contributed by atoms with E-state index >= 15 is 0 Å². The average molecular weight is 278 g/mol. The van der Waals surface area contributed by atoms with E-state index in [1.807, 2.05) is 0 Å². The van der Waals surface area contributed by atoms with Gasteiger partial charge in [0.15, 0.2) is 0 Å². The fraction of sp³-hybridized carbons (Fsp3) is 1.00. The van der Waals surface area contributed by atoms with Crippen LogP contribution >= 0.6 is 0 Å². The molecule has 0 amide bonds. The number of methoxy groups -OCH3 is 1. The fourth-order valence-electron chi connectivity index (χ4n) is 2.82. The molecular formula is C12H26N2O3S. The van der Waals surface area contributed by atoms with Crippen molar-refractivity contribution >= 4 is 9.84 Å². The first-order chi connectivity index (χ1) is 8.49. The summed E-state index contributed by atoms with van der Waals surface area (Å²) in [5.41, 5.74) is 2.62. The molecule has 108 valence electrons. The van der Waals surface area contributed by atoms with Crippen LogP contribution in [0.25, 0.3) is 0 Å². The summed E-state index contributed by atoms with van der Waals surface area (Å²) in [7, 11) is -1.16. The van der Waals surface area contributed by atoms with Crippen LogP contribution in [0.15, 0.2) is 0 Å². The quantitative estimate of drug-likeness (QED) is 0.511. The predicted octanol–water partition coefficient (Wildman–Crippen LogP) is 0.992. The Labute approximate surface area is 110 Å². The maximum Gasteiger partial charge on any atom is 0.150 e. The zero-order valence-corrected chi connectivity index (χ0v) is 12.3. The molecule has 6 heteroatoms. The highest BCUT2D eigenvalue weighted by molar-refractivity contribution is 7.91. The summed E-state index contributed by atoms with van der Waals surface area (Å²) in [6, 6.07) is 0.0389. The Bertz CT molecular complexity index is 337. The van der Waals surface area contributed by atoms with Crippen molar-refractivity contribution < 1.29 is 13.2 Å². The molecule has 0 saturated heterocycles. The Balaban J connectivity index is 2.51. The van der Waals surface area contributed by atoms with Gasteiger partial charge in [0.2, 0.25) is 0 Å². The van der Waals surface area contributed by atoms with Gasteiger partial charge in [-0.1, -0.05) is 19.8 Å². The molecule has 0 radical (unpaired) electrons. The van der Waals surface area contributed by atoms with Gasteiger partial charge in [-0.3, -0.25) is 11.3 Å². The van der Waals surface area contributed by atoms with E-state index in [2.05, 4.69) is 5.43 Å². The lowest BCUT2D eigenvalue weighted by atomic mass is 9.89. The van der Waals surface area contributed by atoms with Crippen LogP contribution in [0.3, 0.4) is 0 Å². The van der Waals surface area contributed by atoms with Crippen molar-refractivity contribution in [1.82, 2.24) is 5.43 Å². The summed E-state index contributed by atoms with van der Waals surface area (Å²) < 4.78 is 28.6. The highest BCUT2D eigenvalue weighted by atomic mass is 32.2. The minimum absolute atomic E-state index is 0.0389. The number of rotatable bonds is 8. The lowest BCUT2D eigenvalue weighted by Gasteiger charge is -2.36. The van der Waals surface area contributed by atoms with Crippen molar-refractivity contribution in [1.29, 1.82) is 0 Å². The lowest BCUT2D eigenvalue weighted by molar-refractivity contribution is -0.0379. The number of hydrazine groups is 1. The van der Waals surface area contributed by atoms with E-state index in [4.69, 9.17) is 10.6 Å². The molecule has 1 aliphatic carbocycles. The first-order valence-corrected chi connectivity index (χ1v) is 8.53. The van der Waals surface area contributed by atoms with Gasteiger partial charge < -0.3 is 4.74 Å². The van der Waals surface area contributed by atoms with Crippen molar-refractivity contribution in [3.63, 3.8) is 0 Å². The van der Waals surface area contributed by atoms with E-state index in [0.29, 0.717) is 6.42 Å². The van der Waals surface area contributed by atoms with Crippen LogP contribution in [0.4, 0.5) is 0 Å². The van der Waals surface area contributed by atoms with Gasteiger partial charge in [0.1, 0.15) is 9.84 Å². The highest BCUT2D eigenvalue weighted by Crippen LogP contribution is 2.36. The van der Waals surface area contributed by atoms with Gasteiger partial charge in [0, 0.05) is 12.9 Å². The molecule has 18 heavy (non-hydrogen) atoms. The molecule has 0 bridgehead atoms. The summed E-state index contributed by atoms with van der Waals surface area (Å²) in [6.45, 7) is 1.68. The molecule has 1 rings (SSSR count). The van der Waals surface area contributed by atoms with Gasteiger partial charge in [-0.25, -0.2) is 8.42 Å².